The van der Waals surface area contributed by atoms with Crippen LogP contribution in [0.5, 0.6) is 5.75 Å². The quantitative estimate of drug-likeness (QED) is 0.588. The number of benzene rings is 2. The molecule has 0 saturated heterocycles. The number of hydrogen-bond donors (Lipinski definition) is 2. The maximum absolute atomic E-state index is 12.6. The van der Waals surface area contributed by atoms with Gasteiger partial charge in [-0.1, -0.05) is 35.3 Å². The first-order valence-electron chi connectivity index (χ1n) is 7.86. The Hall–Kier alpha value is -2.49. The first-order valence-corrected chi connectivity index (χ1v) is 10.5. The van der Waals surface area contributed by atoms with Gasteiger partial charge in [0.1, 0.15) is 5.75 Å². The molecule has 0 spiro atoms. The summed E-state index contributed by atoms with van der Waals surface area (Å²) in [6, 6.07) is 8.16. The number of anilines is 1. The molecule has 0 aliphatic carbocycles. The van der Waals surface area contributed by atoms with Gasteiger partial charge in [-0.2, -0.15) is 0 Å². The molecule has 0 bridgehead atoms. The summed E-state index contributed by atoms with van der Waals surface area (Å²) in [4.78, 5) is 28.2. The van der Waals surface area contributed by atoms with E-state index in [1.54, 1.807) is 24.3 Å². The van der Waals surface area contributed by atoms with E-state index in [9.17, 15) is 18.0 Å². The molecule has 1 heterocycles. The van der Waals surface area contributed by atoms with Crippen LogP contribution in [-0.2, 0) is 16.6 Å². The number of H-pyrrole nitrogens is 2. The van der Waals surface area contributed by atoms with Crippen LogP contribution in [0.2, 0.25) is 10.0 Å². The van der Waals surface area contributed by atoms with Crippen molar-refractivity contribution in [2.45, 2.75) is 6.54 Å². The van der Waals surface area contributed by atoms with Crippen molar-refractivity contribution in [3.8, 4) is 5.75 Å². The number of nitrogens with one attached hydrogen (secondary N) is 2. The molecule has 3 aromatic rings. The second kappa shape index (κ2) is 7.50. The molecule has 28 heavy (non-hydrogen) atoms. The summed E-state index contributed by atoms with van der Waals surface area (Å²) in [6.07, 6.45) is 1.00. The van der Waals surface area contributed by atoms with Crippen molar-refractivity contribution >= 4 is 49.9 Å². The van der Waals surface area contributed by atoms with Crippen LogP contribution in [0.25, 0.3) is 11.0 Å². The number of rotatable bonds is 5. The van der Waals surface area contributed by atoms with Crippen molar-refractivity contribution in [2.24, 2.45) is 0 Å². The number of ether oxygens (including phenoxy) is 1. The Kier molecular flexibility index (Phi) is 5.42. The smallest absolute Gasteiger partial charge is 0.314 e. The highest BCUT2D eigenvalue weighted by Gasteiger charge is 2.26. The largest absolute Gasteiger partial charge is 0.497 e. The lowest BCUT2D eigenvalue weighted by molar-refractivity contribution is 0.414. The summed E-state index contributed by atoms with van der Waals surface area (Å²) in [6.45, 7) is -0.105. The number of aromatic nitrogens is 2. The highest BCUT2D eigenvalue weighted by Crippen LogP contribution is 2.39. The molecule has 148 valence electrons. The summed E-state index contributed by atoms with van der Waals surface area (Å²) < 4.78 is 31.3. The molecular formula is C17H15Cl2N3O5S. The zero-order chi connectivity index (χ0) is 20.6. The average Bonchev–Trinajstić information content (AvgIpc) is 2.63. The van der Waals surface area contributed by atoms with E-state index in [2.05, 4.69) is 9.97 Å². The molecule has 11 heteroatoms. The minimum atomic E-state index is -3.85. The minimum Gasteiger partial charge on any atom is -0.497 e. The lowest BCUT2D eigenvalue weighted by Crippen LogP contribution is -2.32. The Balaban J connectivity index is 2.30. The molecule has 3 rings (SSSR count). The number of hydrogen-bond acceptors (Lipinski definition) is 5. The molecule has 8 nitrogen and oxygen atoms in total. The molecule has 0 fully saturated rings. The van der Waals surface area contributed by atoms with Crippen molar-refractivity contribution in [3.63, 3.8) is 0 Å². The normalized spacial score (nSPS) is 11.6. The van der Waals surface area contributed by atoms with E-state index < -0.39 is 21.1 Å². The molecule has 0 unspecified atom stereocenters. The molecule has 2 aromatic carbocycles. The lowest BCUT2D eigenvalue weighted by atomic mass is 10.2. The van der Waals surface area contributed by atoms with Crippen LogP contribution in [-0.4, -0.2) is 31.8 Å². The molecule has 2 N–H and O–H groups in total. The molecule has 0 atom stereocenters. The zero-order valence-electron chi connectivity index (χ0n) is 14.7. The van der Waals surface area contributed by atoms with Gasteiger partial charge in [0.05, 0.1) is 46.7 Å². The van der Waals surface area contributed by atoms with E-state index >= 15 is 0 Å². The Morgan fingerprint density at radius 3 is 2.43 bits per heavy atom. The highest BCUT2D eigenvalue weighted by atomic mass is 35.5. The number of methoxy groups -OCH3 is 1. The Labute approximate surface area is 169 Å². The number of aromatic amines is 2. The summed E-state index contributed by atoms with van der Waals surface area (Å²) in [5.41, 5.74) is -1.07. The third kappa shape index (κ3) is 3.87. The maximum atomic E-state index is 12.6. The van der Waals surface area contributed by atoms with Gasteiger partial charge in [-0.05, 0) is 23.8 Å². The second-order valence-corrected chi connectivity index (χ2v) is 8.66. The van der Waals surface area contributed by atoms with E-state index in [1.807, 2.05) is 0 Å². The topological polar surface area (TPSA) is 112 Å². The van der Waals surface area contributed by atoms with Crippen LogP contribution < -0.4 is 20.2 Å². The van der Waals surface area contributed by atoms with Gasteiger partial charge < -0.3 is 14.7 Å². The molecule has 0 saturated carbocycles. The third-order valence-electron chi connectivity index (χ3n) is 4.00. The highest BCUT2D eigenvalue weighted by molar-refractivity contribution is 7.92. The number of sulfonamides is 1. The zero-order valence-corrected chi connectivity index (χ0v) is 17.1. The van der Waals surface area contributed by atoms with Gasteiger partial charge in [0, 0.05) is 0 Å². The second-order valence-electron chi connectivity index (χ2n) is 5.97. The number of halogens is 2. The van der Waals surface area contributed by atoms with Crippen LogP contribution in [0, 0.1) is 0 Å². The molecule has 0 amide bonds. The molecule has 0 aliphatic heterocycles. The van der Waals surface area contributed by atoms with Crippen molar-refractivity contribution in [1.82, 2.24) is 9.97 Å². The van der Waals surface area contributed by atoms with Crippen molar-refractivity contribution in [2.75, 3.05) is 17.7 Å². The number of fused-ring (bicyclic) bond motifs is 1. The van der Waals surface area contributed by atoms with E-state index in [0.29, 0.717) is 11.3 Å². The average molecular weight is 444 g/mol. The van der Waals surface area contributed by atoms with Crippen LogP contribution in [0.3, 0.4) is 0 Å². The fraction of sp³-hybridized carbons (Fsp3) is 0.176. The summed E-state index contributed by atoms with van der Waals surface area (Å²) in [7, 11) is -2.36. The predicted octanol–water partition coefficient (Wildman–Crippen LogP) is 2.50. The molecule has 0 aliphatic rings. The van der Waals surface area contributed by atoms with Crippen molar-refractivity contribution < 1.29 is 13.2 Å². The monoisotopic (exact) mass is 443 g/mol. The van der Waals surface area contributed by atoms with Crippen LogP contribution in [0.1, 0.15) is 5.56 Å². The summed E-state index contributed by atoms with van der Waals surface area (Å²) in [5.74, 6) is 0.547. The molecular weight excluding hydrogens is 429 g/mol. The van der Waals surface area contributed by atoms with Gasteiger partial charge in [-0.25, -0.2) is 8.42 Å². The van der Waals surface area contributed by atoms with E-state index in [-0.39, 0.29) is 33.3 Å². The fourth-order valence-electron chi connectivity index (χ4n) is 2.72. The van der Waals surface area contributed by atoms with Crippen LogP contribution in [0.4, 0.5) is 5.69 Å². The molecule has 1 aromatic heterocycles. The van der Waals surface area contributed by atoms with Crippen LogP contribution in [0.15, 0.2) is 39.9 Å². The van der Waals surface area contributed by atoms with E-state index in [1.165, 1.54) is 13.2 Å². The molecule has 0 radical (unpaired) electrons. The van der Waals surface area contributed by atoms with Gasteiger partial charge in [0.2, 0.25) is 10.0 Å². The van der Waals surface area contributed by atoms with Gasteiger partial charge in [0.15, 0.2) is 0 Å². The van der Waals surface area contributed by atoms with E-state index in [4.69, 9.17) is 27.9 Å². The fourth-order valence-corrected chi connectivity index (χ4v) is 4.12. The number of nitrogens with zero attached hydrogens (tertiary/aromatic N) is 1. The van der Waals surface area contributed by atoms with Crippen molar-refractivity contribution in [1.29, 1.82) is 0 Å². The van der Waals surface area contributed by atoms with Crippen molar-refractivity contribution in [3.05, 3.63) is 66.6 Å². The first-order chi connectivity index (χ1) is 13.1. The lowest BCUT2D eigenvalue weighted by Gasteiger charge is -2.25. The standard InChI is InChI=1S/C17H15Cl2N3O5S/c1-27-10-5-3-4-9(6-10)8-22(28(2,25)26)15-13(19)11(18)7-12-14(15)21-17(24)16(23)20-12/h3-7H,8H2,1-2H3,(H,20,23)(H,21,24). The first kappa shape index (κ1) is 20.2. The SMILES string of the molecule is COc1cccc(CN(c2c(Cl)c(Cl)cc3[nH]c(=O)c(=O)[nH]c23)S(C)(=O)=O)c1. The van der Waals surface area contributed by atoms with Gasteiger partial charge in [0.25, 0.3) is 0 Å². The van der Waals surface area contributed by atoms with Gasteiger partial charge in [-0.3, -0.25) is 13.9 Å². The summed E-state index contributed by atoms with van der Waals surface area (Å²) in [5, 5.41) is -0.0589. The Bertz CT molecular complexity index is 1280. The van der Waals surface area contributed by atoms with Gasteiger partial charge in [-0.15, -0.1) is 0 Å². The third-order valence-corrected chi connectivity index (χ3v) is 5.89. The van der Waals surface area contributed by atoms with Crippen LogP contribution >= 0.6 is 23.2 Å². The predicted molar refractivity (Wildman–Crippen MR) is 109 cm³/mol. The summed E-state index contributed by atoms with van der Waals surface area (Å²) >= 11 is 12.5. The Morgan fingerprint density at radius 1 is 1.11 bits per heavy atom. The Morgan fingerprint density at radius 2 is 1.79 bits per heavy atom. The van der Waals surface area contributed by atoms with E-state index in [0.717, 1.165) is 10.6 Å². The maximum Gasteiger partial charge on any atom is 0.314 e. The van der Waals surface area contributed by atoms with Gasteiger partial charge >= 0.3 is 11.1 Å². The minimum absolute atomic E-state index is 0.0196.